The van der Waals surface area contributed by atoms with Crippen LogP contribution in [0.25, 0.3) is 11.1 Å². The van der Waals surface area contributed by atoms with Crippen LogP contribution in [0.5, 0.6) is 0 Å². The topological polar surface area (TPSA) is 69.2 Å². The molecule has 0 radical (unpaired) electrons. The first-order chi connectivity index (χ1) is 8.18. The Hall–Kier alpha value is -2.36. The molecule has 4 nitrogen and oxygen atoms in total. The lowest BCUT2D eigenvalue weighted by atomic mass is 10.0. The maximum absolute atomic E-state index is 10.8. The van der Waals surface area contributed by atoms with Crippen molar-refractivity contribution in [1.29, 1.82) is 0 Å². The van der Waals surface area contributed by atoms with Crippen molar-refractivity contribution in [2.75, 3.05) is 5.73 Å². The largest absolute Gasteiger partial charge is 0.393 e. The molecule has 0 aliphatic heterocycles. The Morgan fingerprint density at radius 1 is 1.12 bits per heavy atom. The van der Waals surface area contributed by atoms with Gasteiger partial charge in [0.2, 0.25) is 0 Å². The first-order valence-electron chi connectivity index (χ1n) is 5.32. The third kappa shape index (κ3) is 1.30. The number of hydrogen-bond donors (Lipinski definition) is 1. The molecule has 0 unspecified atom stereocenters. The molecular weight excluding hydrogens is 216 g/mol. The molecular formula is C13H10N2O2. The number of rotatable bonds is 1. The van der Waals surface area contributed by atoms with E-state index in [0.717, 1.165) is 16.7 Å². The van der Waals surface area contributed by atoms with Crippen molar-refractivity contribution in [3.8, 4) is 11.1 Å². The molecule has 1 aliphatic carbocycles. The highest BCUT2D eigenvalue weighted by Crippen LogP contribution is 2.42. The third-order valence-corrected chi connectivity index (χ3v) is 3.21. The molecule has 4 heteroatoms. The Morgan fingerprint density at radius 2 is 1.88 bits per heavy atom. The molecule has 2 aromatic rings. The van der Waals surface area contributed by atoms with E-state index < -0.39 is 4.92 Å². The molecule has 0 saturated carbocycles. The molecule has 0 bridgehead atoms. The molecule has 0 saturated heterocycles. The van der Waals surface area contributed by atoms with Gasteiger partial charge in [0.05, 0.1) is 4.92 Å². The minimum Gasteiger partial charge on any atom is -0.393 e. The fourth-order valence-corrected chi connectivity index (χ4v) is 2.38. The Balaban J connectivity index is 2.25. The highest BCUT2D eigenvalue weighted by Gasteiger charge is 2.24. The summed E-state index contributed by atoms with van der Waals surface area (Å²) < 4.78 is 0. The molecule has 0 amide bonds. The van der Waals surface area contributed by atoms with Crippen LogP contribution >= 0.6 is 0 Å². The number of benzene rings is 2. The lowest BCUT2D eigenvalue weighted by Crippen LogP contribution is -1.99. The number of nitro groups is 1. The molecule has 17 heavy (non-hydrogen) atoms. The number of nitrogens with zero attached hydrogens (tertiary/aromatic N) is 1. The van der Waals surface area contributed by atoms with Crippen LogP contribution in [0.3, 0.4) is 0 Å². The van der Waals surface area contributed by atoms with Gasteiger partial charge in [-0.25, -0.2) is 0 Å². The summed E-state index contributed by atoms with van der Waals surface area (Å²) in [7, 11) is 0. The average Bonchev–Trinajstić information content (AvgIpc) is 2.69. The van der Waals surface area contributed by atoms with E-state index in [2.05, 4.69) is 0 Å². The monoisotopic (exact) mass is 226 g/mol. The predicted octanol–water partition coefficient (Wildman–Crippen LogP) is 2.75. The van der Waals surface area contributed by atoms with Gasteiger partial charge in [0, 0.05) is 12.5 Å². The van der Waals surface area contributed by atoms with Gasteiger partial charge < -0.3 is 5.73 Å². The van der Waals surface area contributed by atoms with Gasteiger partial charge in [-0.05, 0) is 28.3 Å². The summed E-state index contributed by atoms with van der Waals surface area (Å²) in [4.78, 5) is 10.4. The zero-order valence-electron chi connectivity index (χ0n) is 9.01. The minimum atomic E-state index is -0.432. The van der Waals surface area contributed by atoms with Crippen molar-refractivity contribution in [2.45, 2.75) is 6.42 Å². The van der Waals surface area contributed by atoms with Crippen LogP contribution in [-0.4, -0.2) is 4.92 Å². The van der Waals surface area contributed by atoms with Gasteiger partial charge in [-0.3, -0.25) is 10.1 Å². The minimum absolute atomic E-state index is 0.00319. The average molecular weight is 226 g/mol. The Kier molecular flexibility index (Phi) is 1.92. The number of nitro benzene ring substituents is 1. The number of nitrogens with two attached hydrogens (primary N) is 1. The second kappa shape index (κ2) is 3.31. The predicted molar refractivity (Wildman–Crippen MR) is 65.8 cm³/mol. The summed E-state index contributed by atoms with van der Waals surface area (Å²) in [6, 6.07) is 11.2. The summed E-state index contributed by atoms with van der Waals surface area (Å²) >= 11 is 0. The van der Waals surface area contributed by atoms with Gasteiger partial charge in [-0.15, -0.1) is 0 Å². The standard InChI is InChI=1S/C13H10N2O2/c14-13-11-7-8-3-1-2-4-9(8)10(11)5-6-12(13)15(16)17/h1-6H,7,14H2. The highest BCUT2D eigenvalue weighted by atomic mass is 16.6. The highest BCUT2D eigenvalue weighted by molar-refractivity contribution is 5.84. The van der Waals surface area contributed by atoms with E-state index in [-0.39, 0.29) is 5.69 Å². The van der Waals surface area contributed by atoms with Gasteiger partial charge in [0.25, 0.3) is 5.69 Å². The number of hydrogen-bond acceptors (Lipinski definition) is 3. The zero-order valence-corrected chi connectivity index (χ0v) is 9.01. The van der Waals surface area contributed by atoms with Gasteiger partial charge in [-0.2, -0.15) is 0 Å². The Bertz CT molecular complexity index is 635. The summed E-state index contributed by atoms with van der Waals surface area (Å²) in [5.41, 5.74) is 10.4. The summed E-state index contributed by atoms with van der Waals surface area (Å²) in [6.07, 6.45) is 0.680. The van der Waals surface area contributed by atoms with Gasteiger partial charge in [-0.1, -0.05) is 24.3 Å². The molecule has 3 rings (SSSR count). The lowest BCUT2D eigenvalue weighted by Gasteiger charge is -2.04. The fraction of sp³-hybridized carbons (Fsp3) is 0.0769. The first kappa shape index (κ1) is 9.84. The zero-order chi connectivity index (χ0) is 12.0. The molecule has 0 aromatic heterocycles. The maximum atomic E-state index is 10.8. The van der Waals surface area contributed by atoms with Gasteiger partial charge in [0.1, 0.15) is 5.69 Å². The van der Waals surface area contributed by atoms with E-state index in [1.54, 1.807) is 6.07 Å². The summed E-state index contributed by atoms with van der Waals surface area (Å²) in [5.74, 6) is 0. The van der Waals surface area contributed by atoms with Gasteiger partial charge in [0.15, 0.2) is 0 Å². The third-order valence-electron chi connectivity index (χ3n) is 3.21. The normalized spacial score (nSPS) is 12.0. The SMILES string of the molecule is Nc1c([N+](=O)[O-])ccc2c1Cc1ccccc1-2. The second-order valence-corrected chi connectivity index (χ2v) is 4.12. The fourth-order valence-electron chi connectivity index (χ4n) is 2.38. The van der Waals surface area contributed by atoms with Crippen molar-refractivity contribution >= 4 is 11.4 Å². The van der Waals surface area contributed by atoms with Crippen LogP contribution < -0.4 is 5.73 Å². The van der Waals surface area contributed by atoms with E-state index in [9.17, 15) is 10.1 Å². The molecule has 0 atom stereocenters. The summed E-state index contributed by atoms with van der Waals surface area (Å²) in [6.45, 7) is 0. The lowest BCUT2D eigenvalue weighted by molar-refractivity contribution is -0.383. The van der Waals surface area contributed by atoms with E-state index in [4.69, 9.17) is 5.73 Å². The smallest absolute Gasteiger partial charge is 0.292 e. The van der Waals surface area contributed by atoms with Crippen LogP contribution in [0.15, 0.2) is 36.4 Å². The van der Waals surface area contributed by atoms with Crippen molar-refractivity contribution in [3.63, 3.8) is 0 Å². The molecule has 0 heterocycles. The van der Waals surface area contributed by atoms with Crippen LogP contribution in [0, 0.1) is 10.1 Å². The number of anilines is 1. The van der Waals surface area contributed by atoms with E-state index >= 15 is 0 Å². The Labute approximate surface area is 97.8 Å². The molecule has 2 N–H and O–H groups in total. The quantitative estimate of drug-likeness (QED) is 0.394. The Morgan fingerprint density at radius 3 is 2.65 bits per heavy atom. The maximum Gasteiger partial charge on any atom is 0.292 e. The molecule has 0 spiro atoms. The van der Waals surface area contributed by atoms with Crippen molar-refractivity contribution in [3.05, 3.63) is 57.6 Å². The summed E-state index contributed by atoms with van der Waals surface area (Å²) in [5, 5.41) is 10.8. The molecule has 1 aliphatic rings. The van der Waals surface area contributed by atoms with Crippen molar-refractivity contribution in [2.24, 2.45) is 0 Å². The van der Waals surface area contributed by atoms with Crippen molar-refractivity contribution < 1.29 is 4.92 Å². The van der Waals surface area contributed by atoms with Crippen LogP contribution in [0.2, 0.25) is 0 Å². The van der Waals surface area contributed by atoms with E-state index in [1.807, 2.05) is 24.3 Å². The van der Waals surface area contributed by atoms with Gasteiger partial charge >= 0.3 is 0 Å². The van der Waals surface area contributed by atoms with Crippen LogP contribution in [-0.2, 0) is 6.42 Å². The van der Waals surface area contributed by atoms with Crippen molar-refractivity contribution in [1.82, 2.24) is 0 Å². The number of nitrogen functional groups attached to an aromatic ring is 1. The van der Waals surface area contributed by atoms with E-state index in [0.29, 0.717) is 12.1 Å². The number of fused-ring (bicyclic) bond motifs is 3. The molecule has 84 valence electrons. The molecule has 2 aromatic carbocycles. The van der Waals surface area contributed by atoms with Crippen LogP contribution in [0.1, 0.15) is 11.1 Å². The molecule has 0 fully saturated rings. The second-order valence-electron chi connectivity index (χ2n) is 4.12. The van der Waals surface area contributed by atoms with Crippen LogP contribution in [0.4, 0.5) is 11.4 Å². The first-order valence-corrected chi connectivity index (χ1v) is 5.32. The van der Waals surface area contributed by atoms with E-state index in [1.165, 1.54) is 11.6 Å².